The number of anilines is 2. The monoisotopic (exact) mass is 302 g/mol. The van der Waals surface area contributed by atoms with Gasteiger partial charge in [-0.15, -0.1) is 0 Å². The van der Waals surface area contributed by atoms with Crippen LogP contribution in [0.3, 0.4) is 0 Å². The quantitative estimate of drug-likeness (QED) is 0.596. The third-order valence-electron chi connectivity index (χ3n) is 3.25. The number of benzene rings is 2. The first kappa shape index (κ1) is 13.2. The summed E-state index contributed by atoms with van der Waals surface area (Å²) in [4.78, 5) is 6.34. The van der Waals surface area contributed by atoms with E-state index < -0.39 is 0 Å². The Morgan fingerprint density at radius 2 is 1.55 bits per heavy atom. The van der Waals surface area contributed by atoms with E-state index in [2.05, 4.69) is 4.98 Å². The molecule has 2 nitrogen and oxygen atoms in total. The van der Waals surface area contributed by atoms with Gasteiger partial charge in [0, 0.05) is 18.1 Å². The Balaban J connectivity index is 2.27. The van der Waals surface area contributed by atoms with Crippen LogP contribution in [0.4, 0.5) is 11.4 Å². The molecule has 0 atom stereocenters. The summed E-state index contributed by atoms with van der Waals surface area (Å²) >= 11 is 12.5. The molecule has 3 rings (SSSR count). The van der Waals surface area contributed by atoms with E-state index in [1.165, 1.54) is 0 Å². The van der Waals surface area contributed by atoms with Crippen molar-refractivity contribution in [2.75, 3.05) is 11.9 Å². The fourth-order valence-corrected chi connectivity index (χ4v) is 2.70. The molecule has 0 bridgehead atoms. The number of pyridine rings is 1. The van der Waals surface area contributed by atoms with Crippen LogP contribution in [0.25, 0.3) is 10.9 Å². The number of fused-ring (bicyclic) bond motifs is 1. The van der Waals surface area contributed by atoms with Gasteiger partial charge in [0.1, 0.15) is 10.2 Å². The molecule has 1 aromatic heterocycles. The van der Waals surface area contributed by atoms with E-state index in [0.717, 1.165) is 22.3 Å². The predicted octanol–water partition coefficient (Wildman–Crippen LogP) is 5.31. The molecular weight excluding hydrogens is 291 g/mol. The van der Waals surface area contributed by atoms with E-state index in [-0.39, 0.29) is 0 Å². The Kier molecular flexibility index (Phi) is 3.51. The van der Waals surface area contributed by atoms with Gasteiger partial charge in [-0.25, -0.2) is 4.98 Å². The Morgan fingerprint density at radius 3 is 2.30 bits per heavy atom. The van der Waals surface area contributed by atoms with Gasteiger partial charge < -0.3 is 4.90 Å². The minimum Gasteiger partial charge on any atom is -0.343 e. The lowest BCUT2D eigenvalue weighted by Crippen LogP contribution is -2.11. The molecule has 0 fully saturated rings. The number of nitrogens with zero attached hydrogens (tertiary/aromatic N) is 2. The number of para-hydroxylation sites is 2. The van der Waals surface area contributed by atoms with Crippen molar-refractivity contribution < 1.29 is 0 Å². The number of rotatable bonds is 2. The van der Waals surface area contributed by atoms with Gasteiger partial charge in [0.05, 0.1) is 11.2 Å². The maximum atomic E-state index is 6.38. The summed E-state index contributed by atoms with van der Waals surface area (Å²) in [6.45, 7) is 0. The lowest BCUT2D eigenvalue weighted by atomic mass is 10.1. The lowest BCUT2D eigenvalue weighted by Gasteiger charge is -2.23. The summed E-state index contributed by atoms with van der Waals surface area (Å²) in [5, 5.41) is 1.77. The van der Waals surface area contributed by atoms with E-state index in [1.807, 2.05) is 66.5 Å². The van der Waals surface area contributed by atoms with Gasteiger partial charge in [0.25, 0.3) is 0 Å². The SMILES string of the molecule is CN(c1ccccc1)c1c(Cl)c(Cl)nc2ccccc12. The molecule has 0 saturated carbocycles. The third-order valence-corrected chi connectivity index (χ3v) is 3.97. The molecule has 0 unspecified atom stereocenters. The van der Waals surface area contributed by atoms with Gasteiger partial charge in [-0.05, 0) is 18.2 Å². The molecule has 0 spiro atoms. The summed E-state index contributed by atoms with van der Waals surface area (Å²) in [7, 11) is 1.97. The van der Waals surface area contributed by atoms with Crippen LogP contribution < -0.4 is 4.90 Å². The van der Waals surface area contributed by atoms with E-state index in [1.54, 1.807) is 0 Å². The molecule has 0 saturated heterocycles. The zero-order valence-electron chi connectivity index (χ0n) is 10.8. The second-order valence-electron chi connectivity index (χ2n) is 4.48. The maximum Gasteiger partial charge on any atom is 0.150 e. The van der Waals surface area contributed by atoms with Crippen LogP contribution in [0.15, 0.2) is 54.6 Å². The minimum absolute atomic E-state index is 0.322. The molecule has 100 valence electrons. The van der Waals surface area contributed by atoms with E-state index in [9.17, 15) is 0 Å². The summed E-state index contributed by atoms with van der Waals surface area (Å²) < 4.78 is 0. The van der Waals surface area contributed by atoms with Crippen molar-refractivity contribution in [1.82, 2.24) is 4.98 Å². The molecule has 0 N–H and O–H groups in total. The first-order chi connectivity index (χ1) is 9.68. The number of aromatic nitrogens is 1. The number of halogens is 2. The second-order valence-corrected chi connectivity index (χ2v) is 5.21. The Bertz CT molecular complexity index is 757. The van der Waals surface area contributed by atoms with Crippen LogP contribution in [0.1, 0.15) is 0 Å². The maximum absolute atomic E-state index is 6.38. The number of hydrogen-bond acceptors (Lipinski definition) is 2. The summed E-state index contributed by atoms with van der Waals surface area (Å²) in [6.07, 6.45) is 0. The van der Waals surface area contributed by atoms with Crippen LogP contribution in [-0.4, -0.2) is 12.0 Å². The van der Waals surface area contributed by atoms with Crippen molar-refractivity contribution >= 4 is 45.5 Å². The molecule has 0 aliphatic heterocycles. The van der Waals surface area contributed by atoms with Crippen LogP contribution in [0, 0.1) is 0 Å². The summed E-state index contributed by atoms with van der Waals surface area (Å²) in [5.74, 6) is 0. The average Bonchev–Trinajstić information content (AvgIpc) is 2.49. The second kappa shape index (κ2) is 5.31. The van der Waals surface area contributed by atoms with Crippen LogP contribution >= 0.6 is 23.2 Å². The lowest BCUT2D eigenvalue weighted by molar-refractivity contribution is 1.21. The van der Waals surface area contributed by atoms with Crippen LogP contribution in [-0.2, 0) is 0 Å². The van der Waals surface area contributed by atoms with E-state index in [4.69, 9.17) is 23.2 Å². The van der Waals surface area contributed by atoms with E-state index in [0.29, 0.717) is 10.2 Å². The molecule has 0 aliphatic rings. The Labute approximate surface area is 127 Å². The predicted molar refractivity (Wildman–Crippen MR) is 86.3 cm³/mol. The molecule has 3 aromatic rings. The van der Waals surface area contributed by atoms with Crippen molar-refractivity contribution in [3.05, 3.63) is 64.8 Å². The first-order valence-corrected chi connectivity index (χ1v) is 6.96. The van der Waals surface area contributed by atoms with Gasteiger partial charge in [-0.1, -0.05) is 59.6 Å². The highest BCUT2D eigenvalue weighted by molar-refractivity contribution is 6.44. The molecular formula is C16H12Cl2N2. The van der Waals surface area contributed by atoms with Crippen molar-refractivity contribution in [3.63, 3.8) is 0 Å². The van der Waals surface area contributed by atoms with Gasteiger partial charge in [0.15, 0.2) is 0 Å². The standard InChI is InChI=1S/C16H12Cl2N2/c1-20(11-7-3-2-4-8-11)15-12-9-5-6-10-13(12)19-16(18)14(15)17/h2-10H,1H3. The molecule has 0 radical (unpaired) electrons. The zero-order chi connectivity index (χ0) is 14.1. The topological polar surface area (TPSA) is 16.1 Å². The fourth-order valence-electron chi connectivity index (χ4n) is 2.25. The minimum atomic E-state index is 0.322. The largest absolute Gasteiger partial charge is 0.343 e. The summed E-state index contributed by atoms with van der Waals surface area (Å²) in [5.41, 5.74) is 2.75. The van der Waals surface area contributed by atoms with Crippen molar-refractivity contribution in [3.8, 4) is 0 Å². The fraction of sp³-hybridized carbons (Fsp3) is 0.0625. The van der Waals surface area contributed by atoms with E-state index >= 15 is 0 Å². The van der Waals surface area contributed by atoms with Gasteiger partial charge in [-0.3, -0.25) is 0 Å². The van der Waals surface area contributed by atoms with Gasteiger partial charge in [-0.2, -0.15) is 0 Å². The molecule has 20 heavy (non-hydrogen) atoms. The van der Waals surface area contributed by atoms with Gasteiger partial charge >= 0.3 is 0 Å². The highest BCUT2D eigenvalue weighted by atomic mass is 35.5. The highest BCUT2D eigenvalue weighted by Crippen LogP contribution is 2.39. The van der Waals surface area contributed by atoms with Crippen molar-refractivity contribution in [2.45, 2.75) is 0 Å². The Morgan fingerprint density at radius 1 is 0.900 bits per heavy atom. The van der Waals surface area contributed by atoms with Crippen molar-refractivity contribution in [2.24, 2.45) is 0 Å². The zero-order valence-corrected chi connectivity index (χ0v) is 12.4. The van der Waals surface area contributed by atoms with Crippen LogP contribution in [0.5, 0.6) is 0 Å². The smallest absolute Gasteiger partial charge is 0.150 e. The molecule has 2 aromatic carbocycles. The normalized spacial score (nSPS) is 10.8. The highest BCUT2D eigenvalue weighted by Gasteiger charge is 2.16. The molecule has 1 heterocycles. The first-order valence-electron chi connectivity index (χ1n) is 6.21. The third kappa shape index (κ3) is 2.21. The Hall–Kier alpha value is -1.77. The number of hydrogen-bond donors (Lipinski definition) is 0. The average molecular weight is 303 g/mol. The molecule has 4 heteroatoms. The van der Waals surface area contributed by atoms with Crippen molar-refractivity contribution in [1.29, 1.82) is 0 Å². The molecule has 0 amide bonds. The van der Waals surface area contributed by atoms with Crippen LogP contribution in [0.2, 0.25) is 10.2 Å². The van der Waals surface area contributed by atoms with Gasteiger partial charge in [0.2, 0.25) is 0 Å². The molecule has 0 aliphatic carbocycles. The summed E-state index contributed by atoms with van der Waals surface area (Å²) in [6, 6.07) is 17.9.